The minimum absolute atomic E-state index is 0.229. The van der Waals surface area contributed by atoms with Crippen LogP contribution in [0.1, 0.15) is 30.3 Å². The molecule has 1 unspecified atom stereocenters. The zero-order valence-electron chi connectivity index (χ0n) is 9.88. The number of hydrogen-bond acceptors (Lipinski definition) is 4. The highest BCUT2D eigenvalue weighted by molar-refractivity contribution is 5.15. The second kappa shape index (κ2) is 4.81. The summed E-state index contributed by atoms with van der Waals surface area (Å²) in [6.07, 6.45) is 2.21. The summed E-state index contributed by atoms with van der Waals surface area (Å²) < 4.78 is 12.8. The number of hydrogen-bond donors (Lipinski definition) is 1. The quantitative estimate of drug-likeness (QED) is 0.887. The van der Waals surface area contributed by atoms with Gasteiger partial charge in [-0.05, 0) is 42.3 Å². The smallest absolute Gasteiger partial charge is 0.191 e. The molecule has 1 N–H and O–H groups in total. The topological polar surface area (TPSA) is 55.6 Å². The molecule has 0 spiro atoms. The summed E-state index contributed by atoms with van der Waals surface area (Å²) in [5.74, 6) is 0.510. The van der Waals surface area contributed by atoms with E-state index in [0.717, 1.165) is 30.8 Å². The van der Waals surface area contributed by atoms with Crippen molar-refractivity contribution in [1.82, 2.24) is 25.5 Å². The van der Waals surface area contributed by atoms with E-state index in [0.29, 0.717) is 6.54 Å². The lowest BCUT2D eigenvalue weighted by Crippen LogP contribution is -2.14. The van der Waals surface area contributed by atoms with Gasteiger partial charge in [0.05, 0.1) is 12.6 Å². The maximum Gasteiger partial charge on any atom is 0.191 e. The number of nitrogens with zero attached hydrogens (tertiary/aromatic N) is 4. The summed E-state index contributed by atoms with van der Waals surface area (Å²) >= 11 is 0. The first kappa shape index (κ1) is 11.3. The maximum absolute atomic E-state index is 12.8. The van der Waals surface area contributed by atoms with Gasteiger partial charge in [-0.25, -0.2) is 4.39 Å². The predicted molar refractivity (Wildman–Crippen MR) is 63.3 cm³/mol. The number of rotatable bonds is 3. The van der Waals surface area contributed by atoms with Gasteiger partial charge in [0.1, 0.15) is 5.82 Å². The number of halogens is 1. The van der Waals surface area contributed by atoms with Gasteiger partial charge in [0, 0.05) is 0 Å². The van der Waals surface area contributed by atoms with Crippen LogP contribution in [0.4, 0.5) is 4.39 Å². The van der Waals surface area contributed by atoms with Crippen molar-refractivity contribution in [2.75, 3.05) is 6.54 Å². The highest BCUT2D eigenvalue weighted by atomic mass is 19.1. The van der Waals surface area contributed by atoms with Crippen LogP contribution in [0, 0.1) is 5.82 Å². The summed E-state index contributed by atoms with van der Waals surface area (Å²) in [4.78, 5) is 1.54. The molecule has 94 valence electrons. The molecule has 1 aliphatic heterocycles. The van der Waals surface area contributed by atoms with Gasteiger partial charge in [-0.3, -0.25) is 0 Å². The van der Waals surface area contributed by atoms with Gasteiger partial charge in [-0.1, -0.05) is 12.1 Å². The number of benzene rings is 1. The van der Waals surface area contributed by atoms with Crippen molar-refractivity contribution in [3.05, 3.63) is 41.5 Å². The molecule has 18 heavy (non-hydrogen) atoms. The van der Waals surface area contributed by atoms with Crippen LogP contribution in [0.25, 0.3) is 0 Å². The van der Waals surface area contributed by atoms with Gasteiger partial charge in [0.25, 0.3) is 0 Å². The molecule has 0 bridgehead atoms. The van der Waals surface area contributed by atoms with Gasteiger partial charge < -0.3 is 5.32 Å². The van der Waals surface area contributed by atoms with Crippen molar-refractivity contribution >= 4 is 0 Å². The van der Waals surface area contributed by atoms with Crippen LogP contribution in [0.15, 0.2) is 24.3 Å². The lowest BCUT2D eigenvalue weighted by Gasteiger charge is -2.02. The Bertz CT molecular complexity index is 516. The monoisotopic (exact) mass is 247 g/mol. The molecular formula is C12H14FN5. The molecule has 1 aliphatic rings. The molecule has 2 aromatic rings. The summed E-state index contributed by atoms with van der Waals surface area (Å²) in [5, 5.41) is 15.8. The largest absolute Gasteiger partial charge is 0.307 e. The van der Waals surface area contributed by atoms with Crippen molar-refractivity contribution in [2.45, 2.75) is 25.4 Å². The Kier molecular flexibility index (Phi) is 3.02. The van der Waals surface area contributed by atoms with E-state index in [1.54, 1.807) is 16.9 Å². The standard InChI is InChI=1S/C12H14FN5/c13-10-5-3-9(4-6-10)8-18-16-12(15-17-18)11-2-1-7-14-11/h3-6,11,14H,1-2,7-8H2. The Morgan fingerprint density at radius 2 is 2.17 bits per heavy atom. The molecule has 6 heteroatoms. The zero-order valence-corrected chi connectivity index (χ0v) is 9.88. The molecule has 0 radical (unpaired) electrons. The van der Waals surface area contributed by atoms with E-state index in [-0.39, 0.29) is 11.9 Å². The molecule has 1 aromatic carbocycles. The van der Waals surface area contributed by atoms with E-state index in [2.05, 4.69) is 20.7 Å². The van der Waals surface area contributed by atoms with Crippen molar-refractivity contribution < 1.29 is 4.39 Å². The molecule has 1 saturated heterocycles. The zero-order chi connectivity index (χ0) is 12.4. The third-order valence-corrected chi connectivity index (χ3v) is 3.08. The Labute approximate surface area is 104 Å². The van der Waals surface area contributed by atoms with E-state index >= 15 is 0 Å². The second-order valence-corrected chi connectivity index (χ2v) is 4.45. The molecule has 0 amide bonds. The molecular weight excluding hydrogens is 233 g/mol. The van der Waals surface area contributed by atoms with Crippen LogP contribution >= 0.6 is 0 Å². The molecule has 1 fully saturated rings. The lowest BCUT2D eigenvalue weighted by atomic mass is 10.2. The van der Waals surface area contributed by atoms with Crippen LogP contribution in [0.5, 0.6) is 0 Å². The third kappa shape index (κ3) is 2.38. The van der Waals surface area contributed by atoms with Crippen LogP contribution in [-0.4, -0.2) is 26.8 Å². The Hall–Kier alpha value is -1.82. The van der Waals surface area contributed by atoms with Gasteiger partial charge in [-0.2, -0.15) is 4.80 Å². The van der Waals surface area contributed by atoms with E-state index < -0.39 is 0 Å². The number of nitrogens with one attached hydrogen (secondary N) is 1. The van der Waals surface area contributed by atoms with Crippen molar-refractivity contribution in [3.63, 3.8) is 0 Å². The fraction of sp³-hybridized carbons (Fsp3) is 0.417. The fourth-order valence-electron chi connectivity index (χ4n) is 2.12. The van der Waals surface area contributed by atoms with Gasteiger partial charge >= 0.3 is 0 Å². The molecule has 0 aliphatic carbocycles. The van der Waals surface area contributed by atoms with Crippen LogP contribution in [0.3, 0.4) is 0 Å². The van der Waals surface area contributed by atoms with Crippen molar-refractivity contribution in [1.29, 1.82) is 0 Å². The Morgan fingerprint density at radius 1 is 1.33 bits per heavy atom. The molecule has 5 nitrogen and oxygen atoms in total. The number of aromatic nitrogens is 4. The van der Waals surface area contributed by atoms with Gasteiger partial charge in [0.15, 0.2) is 5.82 Å². The van der Waals surface area contributed by atoms with E-state index in [9.17, 15) is 4.39 Å². The minimum Gasteiger partial charge on any atom is -0.307 e. The van der Waals surface area contributed by atoms with Crippen LogP contribution in [-0.2, 0) is 6.54 Å². The minimum atomic E-state index is -0.235. The van der Waals surface area contributed by atoms with E-state index in [4.69, 9.17) is 0 Å². The summed E-state index contributed by atoms with van der Waals surface area (Å²) in [5.41, 5.74) is 0.958. The highest BCUT2D eigenvalue weighted by Crippen LogP contribution is 2.18. The van der Waals surface area contributed by atoms with Crippen molar-refractivity contribution in [2.24, 2.45) is 0 Å². The first-order chi connectivity index (χ1) is 8.81. The average molecular weight is 247 g/mol. The maximum atomic E-state index is 12.8. The van der Waals surface area contributed by atoms with E-state index in [1.165, 1.54) is 12.1 Å². The number of tetrazole rings is 1. The summed E-state index contributed by atoms with van der Waals surface area (Å²) in [7, 11) is 0. The fourth-order valence-corrected chi connectivity index (χ4v) is 2.12. The molecule has 0 saturated carbocycles. The lowest BCUT2D eigenvalue weighted by molar-refractivity contribution is 0.556. The first-order valence-electron chi connectivity index (χ1n) is 6.07. The summed E-state index contributed by atoms with van der Waals surface area (Å²) in [6, 6.07) is 6.56. The second-order valence-electron chi connectivity index (χ2n) is 4.45. The van der Waals surface area contributed by atoms with Crippen molar-refractivity contribution in [3.8, 4) is 0 Å². The summed E-state index contributed by atoms with van der Waals surface area (Å²) in [6.45, 7) is 1.52. The van der Waals surface area contributed by atoms with Gasteiger partial charge in [-0.15, -0.1) is 10.2 Å². The molecule has 2 heterocycles. The highest BCUT2D eigenvalue weighted by Gasteiger charge is 2.20. The van der Waals surface area contributed by atoms with Crippen LogP contribution < -0.4 is 5.32 Å². The SMILES string of the molecule is Fc1ccc(Cn2nnc(C3CCCN3)n2)cc1. The predicted octanol–water partition coefficient (Wildman–Crippen LogP) is 1.28. The van der Waals surface area contributed by atoms with E-state index in [1.807, 2.05) is 0 Å². The molecule has 3 rings (SSSR count). The normalized spacial score (nSPS) is 19.3. The van der Waals surface area contributed by atoms with Crippen LogP contribution in [0.2, 0.25) is 0 Å². The average Bonchev–Trinajstić information content (AvgIpc) is 3.02. The third-order valence-electron chi connectivity index (χ3n) is 3.08. The van der Waals surface area contributed by atoms with Gasteiger partial charge in [0.2, 0.25) is 0 Å². The molecule has 1 aromatic heterocycles. The Morgan fingerprint density at radius 3 is 2.89 bits per heavy atom. The Balaban J connectivity index is 1.71. The first-order valence-corrected chi connectivity index (χ1v) is 6.07. The molecule has 1 atom stereocenters.